The van der Waals surface area contributed by atoms with Gasteiger partial charge in [0.1, 0.15) is 12.4 Å². The van der Waals surface area contributed by atoms with Crippen LogP contribution < -0.4 is 15.0 Å². The number of unbranched alkanes of at least 4 members (excludes halogenated alkanes) is 1. The molecule has 2 aromatic carbocycles. The molecule has 35 heavy (non-hydrogen) atoms. The molecule has 0 aromatic heterocycles. The summed E-state index contributed by atoms with van der Waals surface area (Å²) in [7, 11) is 0. The summed E-state index contributed by atoms with van der Waals surface area (Å²) < 4.78 is 10.8. The molecule has 0 aliphatic carbocycles. The normalized spacial score (nSPS) is 15.2. The fraction of sp³-hybridized carbons (Fsp3) is 0.407. The number of halogens is 1. The predicted molar refractivity (Wildman–Crippen MR) is 140 cm³/mol. The summed E-state index contributed by atoms with van der Waals surface area (Å²) in [5.41, 5.74) is 3.28. The Morgan fingerprint density at radius 1 is 1.03 bits per heavy atom. The van der Waals surface area contributed by atoms with E-state index < -0.39 is 0 Å². The molecule has 1 fully saturated rings. The van der Waals surface area contributed by atoms with Crippen LogP contribution in [0.2, 0.25) is 0 Å². The molecule has 7 nitrogen and oxygen atoms in total. The number of carbonyl (C=O) groups is 2. The van der Waals surface area contributed by atoms with Crippen LogP contribution in [0, 0.1) is 0 Å². The topological polar surface area (TPSA) is 71.1 Å². The molecular weight excluding hydrogens is 466 g/mol. The van der Waals surface area contributed by atoms with Crippen LogP contribution in [-0.4, -0.2) is 69.3 Å². The third-order valence-corrected chi connectivity index (χ3v) is 6.20. The van der Waals surface area contributed by atoms with Gasteiger partial charge in [-0.1, -0.05) is 24.3 Å². The summed E-state index contributed by atoms with van der Waals surface area (Å²) in [6.45, 7) is 8.03. The number of fused-ring (bicyclic) bond motifs is 1. The summed E-state index contributed by atoms with van der Waals surface area (Å²) >= 11 is 0. The van der Waals surface area contributed by atoms with Crippen molar-refractivity contribution in [1.29, 1.82) is 0 Å². The first-order valence-corrected chi connectivity index (χ1v) is 12.1. The summed E-state index contributed by atoms with van der Waals surface area (Å²) in [6, 6.07) is 15.4. The summed E-state index contributed by atoms with van der Waals surface area (Å²) in [5.74, 6) is 0.506. The monoisotopic (exact) mass is 499 g/mol. The number of piperazine rings is 1. The molecule has 8 heteroatoms. The van der Waals surface area contributed by atoms with Crippen molar-refractivity contribution in [2.45, 2.75) is 19.8 Å². The Balaban J connectivity index is 0.00000342. The van der Waals surface area contributed by atoms with E-state index >= 15 is 0 Å². The molecular formula is C27H34ClN3O4. The number of rotatable bonds is 9. The van der Waals surface area contributed by atoms with Crippen molar-refractivity contribution < 1.29 is 19.1 Å². The van der Waals surface area contributed by atoms with E-state index in [9.17, 15) is 9.59 Å². The Hall–Kier alpha value is -3.03. The van der Waals surface area contributed by atoms with Crippen molar-refractivity contribution in [3.05, 3.63) is 65.2 Å². The Morgan fingerprint density at radius 3 is 2.63 bits per heavy atom. The molecule has 2 aromatic rings. The molecule has 0 unspecified atom stereocenters. The number of nitrogens with one attached hydrogen (secondary N) is 1. The van der Waals surface area contributed by atoms with Gasteiger partial charge < -0.3 is 19.7 Å². The number of hydrogen-bond donors (Lipinski definition) is 1. The molecule has 2 aliphatic heterocycles. The highest BCUT2D eigenvalue weighted by Gasteiger charge is 2.19. The van der Waals surface area contributed by atoms with Gasteiger partial charge in [-0.2, -0.15) is 0 Å². The maximum Gasteiger partial charge on any atom is 0.338 e. The van der Waals surface area contributed by atoms with E-state index in [2.05, 4.69) is 15.1 Å². The molecule has 2 heterocycles. The quantitative estimate of drug-likeness (QED) is 0.418. The average molecular weight is 500 g/mol. The molecule has 2 aliphatic rings. The van der Waals surface area contributed by atoms with Crippen LogP contribution in [-0.2, 0) is 9.53 Å². The number of ether oxygens (including phenoxy) is 2. The van der Waals surface area contributed by atoms with E-state index in [0.717, 1.165) is 62.6 Å². The van der Waals surface area contributed by atoms with Crippen LogP contribution in [0.1, 0.15) is 35.7 Å². The van der Waals surface area contributed by atoms with Gasteiger partial charge in [-0.05, 0) is 56.7 Å². The van der Waals surface area contributed by atoms with E-state index in [0.29, 0.717) is 30.9 Å². The fourth-order valence-corrected chi connectivity index (χ4v) is 4.30. The molecule has 4 rings (SSSR count). The second-order valence-corrected chi connectivity index (χ2v) is 8.56. The molecule has 0 bridgehead atoms. The van der Waals surface area contributed by atoms with Crippen molar-refractivity contribution in [2.75, 3.05) is 57.4 Å². The van der Waals surface area contributed by atoms with E-state index in [1.54, 1.807) is 6.07 Å². The third kappa shape index (κ3) is 7.23. The van der Waals surface area contributed by atoms with Gasteiger partial charge in [-0.15, -0.1) is 12.4 Å². The number of benzene rings is 2. The van der Waals surface area contributed by atoms with Gasteiger partial charge >= 0.3 is 5.97 Å². The second kappa shape index (κ2) is 13.2. The van der Waals surface area contributed by atoms with E-state index in [1.165, 1.54) is 0 Å². The lowest BCUT2D eigenvalue weighted by Gasteiger charge is -2.36. The average Bonchev–Trinajstić information content (AvgIpc) is 2.88. The van der Waals surface area contributed by atoms with Crippen LogP contribution in [0.5, 0.6) is 5.75 Å². The second-order valence-electron chi connectivity index (χ2n) is 8.56. The highest BCUT2D eigenvalue weighted by Crippen LogP contribution is 2.25. The van der Waals surface area contributed by atoms with Gasteiger partial charge in [0.05, 0.1) is 17.7 Å². The first-order chi connectivity index (χ1) is 16.6. The van der Waals surface area contributed by atoms with Crippen molar-refractivity contribution in [1.82, 2.24) is 10.2 Å². The largest absolute Gasteiger partial charge is 0.488 e. The number of para-hydroxylation sites is 1. The first-order valence-electron chi connectivity index (χ1n) is 12.1. The highest BCUT2D eigenvalue weighted by atomic mass is 35.5. The van der Waals surface area contributed by atoms with Crippen molar-refractivity contribution in [2.24, 2.45) is 0 Å². The minimum atomic E-state index is -0.271. The van der Waals surface area contributed by atoms with Gasteiger partial charge in [0.2, 0.25) is 0 Å². The van der Waals surface area contributed by atoms with E-state index in [4.69, 9.17) is 9.47 Å². The zero-order valence-electron chi connectivity index (χ0n) is 20.2. The molecule has 188 valence electrons. The summed E-state index contributed by atoms with van der Waals surface area (Å²) in [6.07, 6.45) is 3.89. The molecule has 0 saturated carbocycles. The fourth-order valence-electron chi connectivity index (χ4n) is 4.30. The number of anilines is 1. The van der Waals surface area contributed by atoms with Crippen molar-refractivity contribution >= 4 is 36.0 Å². The highest BCUT2D eigenvalue weighted by molar-refractivity contribution is 5.99. The molecule has 1 N–H and O–H groups in total. The molecule has 0 atom stereocenters. The Labute approximate surface area is 213 Å². The van der Waals surface area contributed by atoms with Gasteiger partial charge in [0, 0.05) is 44.0 Å². The smallest absolute Gasteiger partial charge is 0.338 e. The number of hydrogen-bond acceptors (Lipinski definition) is 6. The minimum absolute atomic E-state index is 0. The zero-order chi connectivity index (χ0) is 23.8. The minimum Gasteiger partial charge on any atom is -0.488 e. The van der Waals surface area contributed by atoms with Gasteiger partial charge in [-0.3, -0.25) is 9.69 Å². The van der Waals surface area contributed by atoms with Gasteiger partial charge in [0.25, 0.3) is 5.91 Å². The summed E-state index contributed by atoms with van der Waals surface area (Å²) in [4.78, 5) is 29.2. The molecule has 0 spiro atoms. The molecule has 1 amide bonds. The Morgan fingerprint density at radius 2 is 1.83 bits per heavy atom. The van der Waals surface area contributed by atoms with Crippen LogP contribution in [0.15, 0.2) is 54.1 Å². The standard InChI is InChI=1S/C27H33N3O4.ClH/c1-2-33-27(32)22-9-7-10-24(19-22)30-16-14-29(15-17-30)13-6-5-12-28-26(31)23-18-21-8-3-4-11-25(21)34-20-23;/h3-4,7-11,18-19H,2,5-6,12-17,20H2,1H3,(H,28,31);1H. The molecule has 0 radical (unpaired) electrons. The first kappa shape index (κ1) is 26.6. The Bertz CT molecular complexity index is 1030. The number of amides is 1. The van der Waals surface area contributed by atoms with Crippen molar-refractivity contribution in [3.63, 3.8) is 0 Å². The van der Waals surface area contributed by atoms with E-state index in [1.807, 2.05) is 55.5 Å². The van der Waals surface area contributed by atoms with Gasteiger partial charge in [-0.25, -0.2) is 4.79 Å². The maximum atomic E-state index is 12.4. The Kier molecular flexibility index (Phi) is 9.99. The van der Waals surface area contributed by atoms with Crippen LogP contribution in [0.4, 0.5) is 5.69 Å². The SMILES string of the molecule is CCOC(=O)c1cccc(N2CCN(CCCCNC(=O)C3=Cc4ccccc4OC3)CC2)c1.Cl. The zero-order valence-corrected chi connectivity index (χ0v) is 21.0. The number of esters is 1. The number of carbonyl (C=O) groups excluding carboxylic acids is 2. The third-order valence-electron chi connectivity index (χ3n) is 6.20. The predicted octanol–water partition coefficient (Wildman–Crippen LogP) is 3.78. The maximum absolute atomic E-state index is 12.4. The van der Waals surface area contributed by atoms with E-state index in [-0.39, 0.29) is 24.3 Å². The molecule has 1 saturated heterocycles. The van der Waals surface area contributed by atoms with Crippen LogP contribution in [0.3, 0.4) is 0 Å². The lowest BCUT2D eigenvalue weighted by atomic mass is 10.1. The van der Waals surface area contributed by atoms with Gasteiger partial charge in [0.15, 0.2) is 0 Å². The summed E-state index contributed by atoms with van der Waals surface area (Å²) in [5, 5.41) is 3.02. The van der Waals surface area contributed by atoms with Crippen LogP contribution in [0.25, 0.3) is 6.08 Å². The number of nitrogens with zero attached hydrogens (tertiary/aromatic N) is 2. The lowest BCUT2D eigenvalue weighted by Crippen LogP contribution is -2.46. The van der Waals surface area contributed by atoms with Crippen LogP contribution >= 0.6 is 12.4 Å². The lowest BCUT2D eigenvalue weighted by molar-refractivity contribution is -0.117. The van der Waals surface area contributed by atoms with Crippen molar-refractivity contribution in [3.8, 4) is 5.75 Å².